The van der Waals surface area contributed by atoms with E-state index in [-0.39, 0.29) is 5.54 Å². The average Bonchev–Trinajstić information content (AvgIpc) is 2.01. The summed E-state index contributed by atoms with van der Waals surface area (Å²) in [6.45, 7) is 3.96. The Labute approximate surface area is 94.4 Å². The lowest BCUT2D eigenvalue weighted by Crippen LogP contribution is -2.32. The van der Waals surface area contributed by atoms with Gasteiger partial charge >= 0.3 is 0 Å². The van der Waals surface area contributed by atoms with E-state index in [0.29, 0.717) is 10.0 Å². The Balaban J connectivity index is 2.77. The lowest BCUT2D eigenvalue weighted by molar-refractivity contribution is 0.477. The topological polar surface area (TPSA) is 38.9 Å². The Morgan fingerprint density at radius 2 is 1.79 bits per heavy atom. The van der Waals surface area contributed by atoms with Gasteiger partial charge in [0.05, 0.1) is 10.0 Å². The van der Waals surface area contributed by atoms with Gasteiger partial charge in [-0.05, 0) is 32.3 Å². The molecule has 1 aromatic rings. The van der Waals surface area contributed by atoms with Gasteiger partial charge in [-0.2, -0.15) is 0 Å². The fraction of sp³-hybridized carbons (Fsp3) is 0.500. The molecule has 0 radical (unpaired) electrons. The maximum atomic E-state index is 5.97. The highest BCUT2D eigenvalue weighted by Gasteiger charge is 2.13. The predicted molar refractivity (Wildman–Crippen MR) is 60.8 cm³/mol. The van der Waals surface area contributed by atoms with Crippen LogP contribution in [0.1, 0.15) is 25.8 Å². The number of halogens is 2. The summed E-state index contributed by atoms with van der Waals surface area (Å²) in [4.78, 5) is 3.89. The third-order valence-electron chi connectivity index (χ3n) is 1.97. The molecule has 0 atom stereocenters. The van der Waals surface area contributed by atoms with Crippen LogP contribution in [0.5, 0.6) is 0 Å². The van der Waals surface area contributed by atoms with E-state index in [1.54, 1.807) is 12.4 Å². The third kappa shape index (κ3) is 3.45. The fourth-order valence-electron chi connectivity index (χ4n) is 1.12. The number of hydrogen-bond acceptors (Lipinski definition) is 2. The summed E-state index contributed by atoms with van der Waals surface area (Å²) in [6.07, 6.45) is 4.83. The highest BCUT2D eigenvalue weighted by Crippen LogP contribution is 2.25. The molecule has 2 nitrogen and oxygen atoms in total. The number of hydrogen-bond donors (Lipinski definition) is 1. The Kier molecular flexibility index (Phi) is 3.76. The summed E-state index contributed by atoms with van der Waals surface area (Å²) in [5.41, 5.74) is 6.62. The van der Waals surface area contributed by atoms with Crippen LogP contribution in [0.2, 0.25) is 10.0 Å². The first kappa shape index (κ1) is 11.8. The Morgan fingerprint density at radius 1 is 1.29 bits per heavy atom. The number of rotatable bonds is 3. The molecule has 0 saturated heterocycles. The number of aromatic nitrogens is 1. The van der Waals surface area contributed by atoms with E-state index in [1.807, 2.05) is 13.8 Å². The summed E-state index contributed by atoms with van der Waals surface area (Å²) in [5.74, 6) is 0. The zero-order valence-corrected chi connectivity index (χ0v) is 9.86. The quantitative estimate of drug-likeness (QED) is 0.871. The van der Waals surface area contributed by atoms with Crippen molar-refractivity contribution in [3.05, 3.63) is 28.0 Å². The van der Waals surface area contributed by atoms with Gasteiger partial charge in [0.2, 0.25) is 0 Å². The van der Waals surface area contributed by atoms with Crippen LogP contribution in [0.4, 0.5) is 0 Å². The second-order valence-corrected chi connectivity index (χ2v) is 4.88. The van der Waals surface area contributed by atoms with Crippen molar-refractivity contribution in [2.75, 3.05) is 0 Å². The number of nitrogens with two attached hydrogens (primary N) is 1. The van der Waals surface area contributed by atoms with Crippen LogP contribution in [-0.4, -0.2) is 10.5 Å². The van der Waals surface area contributed by atoms with E-state index in [0.717, 1.165) is 18.4 Å². The molecule has 0 amide bonds. The first-order valence-electron chi connectivity index (χ1n) is 4.47. The minimum Gasteiger partial charge on any atom is -0.326 e. The van der Waals surface area contributed by atoms with Gasteiger partial charge in [-0.3, -0.25) is 4.98 Å². The van der Waals surface area contributed by atoms with E-state index >= 15 is 0 Å². The van der Waals surface area contributed by atoms with Gasteiger partial charge in [0, 0.05) is 17.9 Å². The molecule has 0 aromatic carbocycles. The lowest BCUT2D eigenvalue weighted by atomic mass is 9.97. The highest BCUT2D eigenvalue weighted by molar-refractivity contribution is 6.35. The van der Waals surface area contributed by atoms with Gasteiger partial charge in [-0.1, -0.05) is 23.2 Å². The van der Waals surface area contributed by atoms with Crippen LogP contribution in [-0.2, 0) is 6.42 Å². The molecular weight excluding hydrogens is 219 g/mol. The molecule has 1 aromatic heterocycles. The van der Waals surface area contributed by atoms with E-state index in [4.69, 9.17) is 28.9 Å². The van der Waals surface area contributed by atoms with Crippen molar-refractivity contribution >= 4 is 23.2 Å². The Hall–Kier alpha value is -0.310. The molecule has 0 aliphatic heterocycles. The number of pyridine rings is 1. The van der Waals surface area contributed by atoms with Crippen LogP contribution < -0.4 is 5.73 Å². The van der Waals surface area contributed by atoms with Gasteiger partial charge in [0.15, 0.2) is 0 Å². The maximum absolute atomic E-state index is 5.97. The smallest absolute Gasteiger partial charge is 0.0636 e. The minimum atomic E-state index is -0.198. The first-order chi connectivity index (χ1) is 6.40. The highest BCUT2D eigenvalue weighted by atomic mass is 35.5. The molecule has 0 bridgehead atoms. The molecule has 14 heavy (non-hydrogen) atoms. The normalized spacial score (nSPS) is 11.8. The number of nitrogens with zero attached hydrogens (tertiary/aromatic N) is 1. The predicted octanol–water partition coefficient (Wildman–Crippen LogP) is 3.06. The van der Waals surface area contributed by atoms with Gasteiger partial charge in [0.1, 0.15) is 0 Å². The first-order valence-corrected chi connectivity index (χ1v) is 5.22. The molecule has 0 aliphatic rings. The fourth-order valence-corrected chi connectivity index (χ4v) is 1.68. The third-order valence-corrected chi connectivity index (χ3v) is 2.62. The van der Waals surface area contributed by atoms with Crippen LogP contribution >= 0.6 is 23.2 Å². The summed E-state index contributed by atoms with van der Waals surface area (Å²) in [5, 5.41) is 1.23. The monoisotopic (exact) mass is 232 g/mol. The molecule has 4 heteroatoms. The minimum absolute atomic E-state index is 0.198. The van der Waals surface area contributed by atoms with Gasteiger partial charge in [-0.25, -0.2) is 0 Å². The standard InChI is InChI=1S/C10H14Cl2N2/c1-10(2,13)4-3-7-8(11)5-14-6-9(7)12/h5-6H,3-4,13H2,1-2H3. The van der Waals surface area contributed by atoms with Gasteiger partial charge in [0.25, 0.3) is 0 Å². The molecule has 78 valence electrons. The molecule has 0 fully saturated rings. The molecule has 0 saturated carbocycles. The maximum Gasteiger partial charge on any atom is 0.0636 e. The van der Waals surface area contributed by atoms with Crippen molar-refractivity contribution < 1.29 is 0 Å². The van der Waals surface area contributed by atoms with E-state index in [9.17, 15) is 0 Å². The molecule has 0 aliphatic carbocycles. The average molecular weight is 233 g/mol. The molecule has 2 N–H and O–H groups in total. The van der Waals surface area contributed by atoms with Crippen molar-refractivity contribution in [1.29, 1.82) is 0 Å². The molecule has 0 unspecified atom stereocenters. The van der Waals surface area contributed by atoms with Gasteiger partial charge < -0.3 is 5.73 Å². The summed E-state index contributed by atoms with van der Waals surface area (Å²) < 4.78 is 0. The molecule has 0 spiro atoms. The van der Waals surface area contributed by atoms with Gasteiger partial charge in [-0.15, -0.1) is 0 Å². The Morgan fingerprint density at radius 3 is 2.21 bits per heavy atom. The SMILES string of the molecule is CC(C)(N)CCc1c(Cl)cncc1Cl. The van der Waals surface area contributed by atoms with Crippen molar-refractivity contribution in [2.45, 2.75) is 32.2 Å². The molecule has 1 heterocycles. The van der Waals surface area contributed by atoms with E-state index in [1.165, 1.54) is 0 Å². The van der Waals surface area contributed by atoms with E-state index < -0.39 is 0 Å². The molecular formula is C10H14Cl2N2. The van der Waals surface area contributed by atoms with Crippen LogP contribution in [0, 0.1) is 0 Å². The lowest BCUT2D eigenvalue weighted by Gasteiger charge is -2.18. The van der Waals surface area contributed by atoms with Crippen LogP contribution in [0.25, 0.3) is 0 Å². The zero-order valence-electron chi connectivity index (χ0n) is 8.35. The summed E-state index contributed by atoms with van der Waals surface area (Å²) >= 11 is 11.9. The van der Waals surface area contributed by atoms with Crippen LogP contribution in [0.15, 0.2) is 12.4 Å². The zero-order chi connectivity index (χ0) is 10.8. The summed E-state index contributed by atoms with van der Waals surface area (Å²) in [6, 6.07) is 0. The van der Waals surface area contributed by atoms with Crippen molar-refractivity contribution in [3.63, 3.8) is 0 Å². The van der Waals surface area contributed by atoms with Crippen molar-refractivity contribution in [2.24, 2.45) is 5.73 Å². The second-order valence-electron chi connectivity index (χ2n) is 4.07. The van der Waals surface area contributed by atoms with Crippen molar-refractivity contribution in [1.82, 2.24) is 4.98 Å². The van der Waals surface area contributed by atoms with Crippen molar-refractivity contribution in [3.8, 4) is 0 Å². The Bertz CT molecular complexity index is 298. The van der Waals surface area contributed by atoms with Crippen LogP contribution in [0.3, 0.4) is 0 Å². The molecule has 1 rings (SSSR count). The van der Waals surface area contributed by atoms with E-state index in [2.05, 4.69) is 4.98 Å². The summed E-state index contributed by atoms with van der Waals surface area (Å²) in [7, 11) is 0. The largest absolute Gasteiger partial charge is 0.326 e. The second kappa shape index (κ2) is 4.47.